The van der Waals surface area contributed by atoms with Crippen molar-refractivity contribution in [1.29, 1.82) is 0 Å². The van der Waals surface area contributed by atoms with Crippen LogP contribution in [0.5, 0.6) is 0 Å². The molecular formula is C11H10N3O3S2-. The topological polar surface area (TPSA) is 108 Å². The zero-order chi connectivity index (χ0) is 13.9. The van der Waals surface area contributed by atoms with E-state index in [2.05, 4.69) is 9.82 Å². The third kappa shape index (κ3) is 2.85. The fraction of sp³-hybridized carbons (Fsp3) is 0. The van der Waals surface area contributed by atoms with Gasteiger partial charge in [-0.2, -0.15) is 5.10 Å². The lowest BCUT2D eigenvalue weighted by molar-refractivity contribution is -0.213. The maximum atomic E-state index is 12.1. The van der Waals surface area contributed by atoms with Crippen LogP contribution in [0.2, 0.25) is 0 Å². The van der Waals surface area contributed by atoms with Crippen LogP contribution in [0, 0.1) is 0 Å². The van der Waals surface area contributed by atoms with Crippen molar-refractivity contribution in [2.24, 2.45) is 10.9 Å². The molecule has 0 saturated carbocycles. The number of hydrogen-bond acceptors (Lipinski definition) is 6. The standard InChI is InChI=1S/C11H11N3O3S2/c12-13-11(15)8-4-1-2-5-9(8)14-19(16,17)10-6-3-7-18-10/h1-7,14H,12H2,(H,13,15)/p-1. The second kappa shape index (κ2) is 5.29. The van der Waals surface area contributed by atoms with E-state index in [0.29, 0.717) is 0 Å². The van der Waals surface area contributed by atoms with Gasteiger partial charge in [0.2, 0.25) is 0 Å². The summed E-state index contributed by atoms with van der Waals surface area (Å²) in [5.74, 6) is 4.24. The molecule has 6 nitrogen and oxygen atoms in total. The number of rotatable bonds is 4. The van der Waals surface area contributed by atoms with Gasteiger partial charge in [-0.3, -0.25) is 4.72 Å². The lowest BCUT2D eigenvalue weighted by atomic mass is 10.2. The minimum atomic E-state index is -3.70. The largest absolute Gasteiger partial charge is 0.857 e. The highest BCUT2D eigenvalue weighted by molar-refractivity contribution is 7.94. The second-order valence-corrected chi connectivity index (χ2v) is 6.37. The van der Waals surface area contributed by atoms with Crippen molar-refractivity contribution < 1.29 is 13.5 Å². The van der Waals surface area contributed by atoms with Gasteiger partial charge in [-0.1, -0.05) is 24.3 Å². The number of benzene rings is 1. The molecule has 2 aromatic rings. The number of hydrazone groups is 1. The van der Waals surface area contributed by atoms with E-state index in [0.717, 1.165) is 11.3 Å². The number of thiophene rings is 1. The molecule has 0 aliphatic heterocycles. The van der Waals surface area contributed by atoms with Crippen LogP contribution in [0.1, 0.15) is 5.56 Å². The number of para-hydroxylation sites is 1. The molecule has 0 aliphatic rings. The molecule has 0 unspecified atom stereocenters. The van der Waals surface area contributed by atoms with E-state index in [-0.39, 0.29) is 15.5 Å². The summed E-state index contributed by atoms with van der Waals surface area (Å²) in [6.45, 7) is 0. The summed E-state index contributed by atoms with van der Waals surface area (Å²) >= 11 is 1.09. The van der Waals surface area contributed by atoms with Crippen LogP contribution in [0.4, 0.5) is 5.69 Å². The normalized spacial score (nSPS) is 12.3. The molecule has 0 bridgehead atoms. The molecule has 0 aliphatic carbocycles. The zero-order valence-electron chi connectivity index (χ0n) is 9.61. The molecule has 0 saturated heterocycles. The van der Waals surface area contributed by atoms with Gasteiger partial charge in [0.05, 0.1) is 5.69 Å². The fourth-order valence-electron chi connectivity index (χ4n) is 1.44. The molecule has 8 heteroatoms. The summed E-state index contributed by atoms with van der Waals surface area (Å²) in [6, 6.07) is 9.24. The van der Waals surface area contributed by atoms with Crippen LogP contribution < -0.4 is 15.7 Å². The van der Waals surface area contributed by atoms with Crippen molar-refractivity contribution in [1.82, 2.24) is 0 Å². The van der Waals surface area contributed by atoms with E-state index in [4.69, 9.17) is 5.84 Å². The summed E-state index contributed by atoms with van der Waals surface area (Å²) in [5, 5.41) is 16.2. The van der Waals surface area contributed by atoms with Crippen molar-refractivity contribution in [2.75, 3.05) is 4.72 Å². The highest BCUT2D eigenvalue weighted by Crippen LogP contribution is 2.22. The van der Waals surface area contributed by atoms with Crippen molar-refractivity contribution in [2.45, 2.75) is 4.21 Å². The number of nitrogens with one attached hydrogen (secondary N) is 1. The summed E-state index contributed by atoms with van der Waals surface area (Å²) < 4.78 is 26.6. The minimum absolute atomic E-state index is 0.102. The Morgan fingerprint density at radius 3 is 2.63 bits per heavy atom. The average molecular weight is 296 g/mol. The number of anilines is 1. The molecule has 0 amide bonds. The van der Waals surface area contributed by atoms with Crippen LogP contribution in [-0.4, -0.2) is 14.3 Å². The number of nitrogens with two attached hydrogens (primary N) is 1. The third-order valence-electron chi connectivity index (χ3n) is 2.28. The molecule has 0 fully saturated rings. The van der Waals surface area contributed by atoms with Crippen LogP contribution in [0.15, 0.2) is 51.1 Å². The molecule has 19 heavy (non-hydrogen) atoms. The van der Waals surface area contributed by atoms with E-state index in [1.54, 1.807) is 23.6 Å². The third-order valence-corrected chi connectivity index (χ3v) is 5.04. The highest BCUT2D eigenvalue weighted by atomic mass is 32.2. The van der Waals surface area contributed by atoms with Gasteiger partial charge in [0.15, 0.2) is 0 Å². The van der Waals surface area contributed by atoms with Gasteiger partial charge < -0.3 is 10.9 Å². The Morgan fingerprint density at radius 1 is 1.26 bits per heavy atom. The Bertz CT molecular complexity index is 694. The number of sulfonamides is 1. The summed E-state index contributed by atoms with van der Waals surface area (Å²) in [6.07, 6.45) is 0. The quantitative estimate of drug-likeness (QED) is 0.371. The predicted molar refractivity (Wildman–Crippen MR) is 72.3 cm³/mol. The molecule has 100 valence electrons. The van der Waals surface area contributed by atoms with E-state index in [1.807, 2.05) is 0 Å². The predicted octanol–water partition coefficient (Wildman–Crippen LogP) is 0.529. The molecule has 0 radical (unpaired) electrons. The Morgan fingerprint density at radius 2 is 2.00 bits per heavy atom. The van der Waals surface area contributed by atoms with Crippen molar-refractivity contribution in [3.05, 3.63) is 47.3 Å². The SMILES string of the molecule is NN=C([O-])c1ccccc1NS(=O)(=O)c1cccs1. The van der Waals surface area contributed by atoms with E-state index < -0.39 is 15.9 Å². The van der Waals surface area contributed by atoms with Crippen molar-refractivity contribution in [3.63, 3.8) is 0 Å². The first kappa shape index (κ1) is 13.4. The lowest BCUT2D eigenvalue weighted by Gasteiger charge is -2.15. The van der Waals surface area contributed by atoms with Crippen LogP contribution >= 0.6 is 11.3 Å². The molecule has 1 aromatic heterocycles. The van der Waals surface area contributed by atoms with Crippen molar-refractivity contribution >= 4 is 32.9 Å². The Hall–Kier alpha value is -2.06. The molecule has 2 rings (SSSR count). The summed E-state index contributed by atoms with van der Waals surface area (Å²) in [4.78, 5) is 0. The number of hydrogen-bond donors (Lipinski definition) is 2. The molecule has 1 aromatic carbocycles. The first-order valence-corrected chi connectivity index (χ1v) is 7.51. The Balaban J connectivity index is 2.40. The number of nitrogens with zero attached hydrogens (tertiary/aromatic N) is 1. The van der Waals surface area contributed by atoms with Gasteiger partial charge in [0.25, 0.3) is 10.0 Å². The van der Waals surface area contributed by atoms with Crippen LogP contribution in [-0.2, 0) is 10.0 Å². The first-order valence-electron chi connectivity index (χ1n) is 5.15. The monoisotopic (exact) mass is 296 g/mol. The maximum absolute atomic E-state index is 12.1. The first-order chi connectivity index (χ1) is 9.04. The molecule has 0 spiro atoms. The van der Waals surface area contributed by atoms with Gasteiger partial charge in [-0.15, -0.1) is 11.3 Å². The average Bonchev–Trinajstić information content (AvgIpc) is 2.93. The maximum Gasteiger partial charge on any atom is 0.271 e. The highest BCUT2D eigenvalue weighted by Gasteiger charge is 2.16. The lowest BCUT2D eigenvalue weighted by Crippen LogP contribution is -2.23. The summed E-state index contributed by atoms with van der Waals surface area (Å²) in [7, 11) is -3.70. The van der Waals surface area contributed by atoms with Gasteiger partial charge in [0.1, 0.15) is 4.21 Å². The van der Waals surface area contributed by atoms with Gasteiger partial charge in [-0.05, 0) is 17.5 Å². The molecular weight excluding hydrogens is 286 g/mol. The van der Waals surface area contributed by atoms with E-state index in [1.165, 1.54) is 18.2 Å². The Kier molecular flexibility index (Phi) is 3.72. The summed E-state index contributed by atoms with van der Waals surface area (Å²) in [5.41, 5.74) is 0.250. The second-order valence-electron chi connectivity index (χ2n) is 3.52. The zero-order valence-corrected chi connectivity index (χ0v) is 11.2. The minimum Gasteiger partial charge on any atom is -0.857 e. The van der Waals surface area contributed by atoms with E-state index in [9.17, 15) is 13.5 Å². The van der Waals surface area contributed by atoms with Gasteiger partial charge >= 0.3 is 0 Å². The van der Waals surface area contributed by atoms with E-state index >= 15 is 0 Å². The van der Waals surface area contributed by atoms with Crippen LogP contribution in [0.3, 0.4) is 0 Å². The smallest absolute Gasteiger partial charge is 0.271 e. The van der Waals surface area contributed by atoms with Crippen molar-refractivity contribution in [3.8, 4) is 0 Å². The van der Waals surface area contributed by atoms with Gasteiger partial charge in [-0.25, -0.2) is 8.42 Å². The van der Waals surface area contributed by atoms with Gasteiger partial charge in [0, 0.05) is 11.5 Å². The Labute approximate surface area is 114 Å². The van der Waals surface area contributed by atoms with Crippen LogP contribution in [0.25, 0.3) is 0 Å². The fourth-order valence-corrected chi connectivity index (χ4v) is 3.51. The molecule has 1 heterocycles. The molecule has 0 atom stereocenters. The molecule has 3 N–H and O–H groups in total.